The van der Waals surface area contributed by atoms with Crippen molar-refractivity contribution < 1.29 is 19.1 Å². The van der Waals surface area contributed by atoms with E-state index in [2.05, 4.69) is 5.32 Å². The summed E-state index contributed by atoms with van der Waals surface area (Å²) in [5.74, 6) is -0.0703. The van der Waals surface area contributed by atoms with E-state index in [0.29, 0.717) is 17.9 Å². The molecule has 3 rings (SSSR count). The Morgan fingerprint density at radius 3 is 2.18 bits per heavy atom. The maximum atomic E-state index is 12.6. The molecule has 0 unspecified atom stereocenters. The van der Waals surface area contributed by atoms with E-state index < -0.39 is 0 Å². The zero-order valence-corrected chi connectivity index (χ0v) is 16.6. The molecule has 1 aromatic rings. The molecule has 1 saturated heterocycles. The Balaban J connectivity index is 1.47. The molecular weight excluding hydrogens is 356 g/mol. The van der Waals surface area contributed by atoms with E-state index in [0.717, 1.165) is 51.6 Å². The molecule has 1 heterocycles. The van der Waals surface area contributed by atoms with Crippen LogP contribution in [-0.4, -0.2) is 42.4 Å². The third kappa shape index (κ3) is 5.12. The second-order valence-corrected chi connectivity index (χ2v) is 7.72. The van der Waals surface area contributed by atoms with Crippen molar-refractivity contribution in [2.75, 3.05) is 25.0 Å². The van der Waals surface area contributed by atoms with Gasteiger partial charge < -0.3 is 15.0 Å². The Kier molecular flexibility index (Phi) is 7.06. The van der Waals surface area contributed by atoms with Crippen LogP contribution in [0.15, 0.2) is 24.3 Å². The van der Waals surface area contributed by atoms with Crippen molar-refractivity contribution in [3.63, 3.8) is 0 Å². The molecule has 0 bridgehead atoms. The van der Waals surface area contributed by atoms with Crippen LogP contribution in [0.4, 0.5) is 5.69 Å². The van der Waals surface area contributed by atoms with Crippen LogP contribution in [0.1, 0.15) is 62.2 Å². The lowest BCUT2D eigenvalue weighted by Gasteiger charge is -2.33. The molecule has 152 valence electrons. The van der Waals surface area contributed by atoms with Gasteiger partial charge in [0, 0.05) is 30.6 Å². The van der Waals surface area contributed by atoms with Gasteiger partial charge in [0.15, 0.2) is 0 Å². The molecule has 1 aliphatic carbocycles. The molecule has 2 fully saturated rings. The fourth-order valence-electron chi connectivity index (χ4n) is 4.12. The number of anilines is 1. The first-order chi connectivity index (χ1) is 13.6. The summed E-state index contributed by atoms with van der Waals surface area (Å²) in [5, 5.41) is 2.93. The van der Waals surface area contributed by atoms with Crippen LogP contribution >= 0.6 is 0 Å². The number of carbonyl (C=O) groups is 3. The quantitative estimate of drug-likeness (QED) is 0.784. The number of nitrogens with zero attached hydrogens (tertiary/aromatic N) is 1. The minimum absolute atomic E-state index is 0.00671. The maximum absolute atomic E-state index is 12.6. The van der Waals surface area contributed by atoms with Crippen LogP contribution in [0.2, 0.25) is 0 Å². The number of benzene rings is 1. The maximum Gasteiger partial charge on any atom is 0.338 e. The Morgan fingerprint density at radius 2 is 1.57 bits per heavy atom. The average Bonchev–Trinajstić information content (AvgIpc) is 2.74. The zero-order valence-electron chi connectivity index (χ0n) is 16.6. The highest BCUT2D eigenvalue weighted by atomic mass is 16.5. The highest BCUT2D eigenvalue weighted by Gasteiger charge is 2.32. The first kappa shape index (κ1) is 20.4. The van der Waals surface area contributed by atoms with Gasteiger partial charge in [-0.15, -0.1) is 0 Å². The lowest BCUT2D eigenvalue weighted by Crippen LogP contribution is -2.41. The van der Waals surface area contributed by atoms with Crippen LogP contribution < -0.4 is 5.32 Å². The summed E-state index contributed by atoms with van der Waals surface area (Å²) in [6.07, 6.45) is 6.51. The third-order valence-corrected chi connectivity index (χ3v) is 5.78. The molecule has 6 nitrogen and oxygen atoms in total. The highest BCUT2D eigenvalue weighted by molar-refractivity contribution is 5.94. The van der Waals surface area contributed by atoms with E-state index in [9.17, 15) is 14.4 Å². The van der Waals surface area contributed by atoms with E-state index in [4.69, 9.17) is 4.74 Å². The number of piperidine rings is 1. The molecular formula is C22H30N2O4. The lowest BCUT2D eigenvalue weighted by molar-refractivity contribution is -0.138. The van der Waals surface area contributed by atoms with Gasteiger partial charge in [0.25, 0.3) is 0 Å². The normalized spacial score (nSPS) is 22.4. The second-order valence-electron chi connectivity index (χ2n) is 7.72. The summed E-state index contributed by atoms with van der Waals surface area (Å²) >= 11 is 0. The molecule has 28 heavy (non-hydrogen) atoms. The number of rotatable bonds is 5. The summed E-state index contributed by atoms with van der Waals surface area (Å²) in [4.78, 5) is 38.9. The van der Waals surface area contributed by atoms with Crippen molar-refractivity contribution in [2.24, 2.45) is 11.8 Å². The SMILES string of the molecule is CCOC(=O)c1ccc(NC(=O)C2CCC(C(=O)N3CCCCC3)CC2)cc1. The largest absolute Gasteiger partial charge is 0.462 e. The van der Waals surface area contributed by atoms with Gasteiger partial charge in [0.05, 0.1) is 12.2 Å². The van der Waals surface area contributed by atoms with Crippen molar-refractivity contribution in [1.82, 2.24) is 4.90 Å². The fourth-order valence-corrected chi connectivity index (χ4v) is 4.12. The van der Waals surface area contributed by atoms with Crippen LogP contribution in [0.5, 0.6) is 0 Å². The zero-order chi connectivity index (χ0) is 19.9. The fraction of sp³-hybridized carbons (Fsp3) is 0.591. The van der Waals surface area contributed by atoms with E-state index in [1.165, 1.54) is 6.42 Å². The molecule has 1 aliphatic heterocycles. The van der Waals surface area contributed by atoms with Crippen molar-refractivity contribution in [3.8, 4) is 0 Å². The second kappa shape index (κ2) is 9.71. The van der Waals surface area contributed by atoms with Gasteiger partial charge in [-0.3, -0.25) is 9.59 Å². The molecule has 0 radical (unpaired) electrons. The number of likely N-dealkylation sites (tertiary alicyclic amines) is 1. The Labute approximate surface area is 166 Å². The highest BCUT2D eigenvalue weighted by Crippen LogP contribution is 2.31. The lowest BCUT2D eigenvalue weighted by atomic mass is 9.80. The predicted molar refractivity (Wildman–Crippen MR) is 107 cm³/mol. The van der Waals surface area contributed by atoms with Crippen molar-refractivity contribution in [3.05, 3.63) is 29.8 Å². The number of carbonyl (C=O) groups excluding carboxylic acids is 3. The van der Waals surface area contributed by atoms with Crippen LogP contribution in [0.3, 0.4) is 0 Å². The van der Waals surface area contributed by atoms with Gasteiger partial charge in [-0.2, -0.15) is 0 Å². The smallest absolute Gasteiger partial charge is 0.338 e. The van der Waals surface area contributed by atoms with Gasteiger partial charge in [0.1, 0.15) is 0 Å². The number of esters is 1. The summed E-state index contributed by atoms with van der Waals surface area (Å²) in [5.41, 5.74) is 1.14. The number of hydrogen-bond donors (Lipinski definition) is 1. The van der Waals surface area contributed by atoms with Crippen molar-refractivity contribution in [2.45, 2.75) is 51.9 Å². The minimum atomic E-state index is -0.364. The van der Waals surface area contributed by atoms with Gasteiger partial charge in [-0.25, -0.2) is 4.79 Å². The molecule has 0 atom stereocenters. The predicted octanol–water partition coefficient (Wildman–Crippen LogP) is 3.62. The topological polar surface area (TPSA) is 75.7 Å². The number of amides is 2. The third-order valence-electron chi connectivity index (χ3n) is 5.78. The van der Waals surface area contributed by atoms with E-state index in [1.54, 1.807) is 31.2 Å². The monoisotopic (exact) mass is 386 g/mol. The number of hydrogen-bond acceptors (Lipinski definition) is 4. The molecule has 1 aromatic carbocycles. The summed E-state index contributed by atoms with van der Waals surface area (Å²) < 4.78 is 4.96. The van der Waals surface area contributed by atoms with Crippen molar-refractivity contribution >= 4 is 23.5 Å². The Morgan fingerprint density at radius 1 is 0.964 bits per heavy atom. The molecule has 6 heteroatoms. The average molecular weight is 386 g/mol. The molecule has 2 amide bonds. The Bertz CT molecular complexity index is 687. The summed E-state index contributed by atoms with van der Waals surface area (Å²) in [6, 6.07) is 6.74. The van der Waals surface area contributed by atoms with E-state index in [1.807, 2.05) is 4.90 Å². The number of ether oxygens (including phenoxy) is 1. The van der Waals surface area contributed by atoms with Gasteiger partial charge in [-0.1, -0.05) is 0 Å². The van der Waals surface area contributed by atoms with Gasteiger partial charge in [0.2, 0.25) is 11.8 Å². The van der Waals surface area contributed by atoms with Crippen LogP contribution in [0.25, 0.3) is 0 Å². The first-order valence-corrected chi connectivity index (χ1v) is 10.5. The van der Waals surface area contributed by atoms with Crippen molar-refractivity contribution in [1.29, 1.82) is 0 Å². The van der Waals surface area contributed by atoms with Crippen LogP contribution in [0, 0.1) is 11.8 Å². The molecule has 0 aromatic heterocycles. The van der Waals surface area contributed by atoms with Gasteiger partial charge in [-0.05, 0) is 76.1 Å². The number of nitrogens with one attached hydrogen (secondary N) is 1. The van der Waals surface area contributed by atoms with Gasteiger partial charge >= 0.3 is 5.97 Å². The first-order valence-electron chi connectivity index (χ1n) is 10.5. The standard InChI is InChI=1S/C22H30N2O4/c1-2-28-22(27)18-10-12-19(13-11-18)23-20(25)16-6-8-17(9-7-16)21(26)24-14-4-3-5-15-24/h10-13,16-17H,2-9,14-15H2,1H3,(H,23,25). The van der Waals surface area contributed by atoms with Crippen LogP contribution in [-0.2, 0) is 14.3 Å². The van der Waals surface area contributed by atoms with E-state index in [-0.39, 0.29) is 29.6 Å². The molecule has 2 aliphatic rings. The Hall–Kier alpha value is -2.37. The van der Waals surface area contributed by atoms with E-state index >= 15 is 0 Å². The minimum Gasteiger partial charge on any atom is -0.462 e. The molecule has 1 saturated carbocycles. The molecule has 1 N–H and O–H groups in total. The summed E-state index contributed by atoms with van der Waals surface area (Å²) in [7, 11) is 0. The summed E-state index contributed by atoms with van der Waals surface area (Å²) in [6.45, 7) is 3.88. The molecule has 0 spiro atoms.